The Hall–Kier alpha value is -13.4. The molecule has 11 heterocycles. The molecule has 105 heavy (non-hydrogen) atoms. The largest absolute Gasteiger partial charge is 0.469 e. The van der Waals surface area contributed by atoms with Gasteiger partial charge in [0.1, 0.15) is 42.1 Å². The molecule has 7 aromatic carbocycles. The average Bonchev–Trinajstić information content (AvgIpc) is 1.75. The number of hydrogen-bond donors (Lipinski definition) is 8. The number of imidazole rings is 4. The van der Waals surface area contributed by atoms with Gasteiger partial charge in [-0.2, -0.15) is 0 Å². The molecule has 0 unspecified atom stereocenters. The van der Waals surface area contributed by atoms with Gasteiger partial charge in [0.25, 0.3) is 0 Å². The van der Waals surface area contributed by atoms with E-state index in [9.17, 15) is 19.2 Å². The van der Waals surface area contributed by atoms with Crippen molar-refractivity contribution in [1.82, 2.24) is 65.5 Å². The minimum absolute atomic E-state index is 0.204. The molecule has 23 nitrogen and oxygen atoms in total. The standard InChI is InChI=1S/C24H19N3O2.C22H18N4O2.C18H18N4O2.C18H17N3O3/c1-14-22(15(2)29-27-14)17-12-20(23-21(13-17)25-24(28)26-23)19-11-7-6-10-18(19)16-8-4-3-5-9-16;1-11-6-7-17-15(5-4-8-23-17)19(11)16-9-14(20-12(2)26-28-13(20)3)10-18-21(16)25-22(27)24-18;1-9-5-6-22(4)17(9)13-7-12(15-10(2)21-24-11(15)3)8-14-16(13)20-18(23)19-14;1-8-7-23-10(3)15(8)13-5-12(16-9(2)21-24-11(16)4)6-14-17(13)20-18(22)19-14/h3-13H,1-2H3,(H2,25,26,28);4-10H,1-3H3,(H2,24,25,27);6-8H,5H2,1-4H3,(H-,19,20,23);5-7H,1-4H3,(H2,19,20,22)/p+1. The summed E-state index contributed by atoms with van der Waals surface area (Å²) in [7, 11) is 2.03. The van der Waals surface area contributed by atoms with Gasteiger partial charge in [0.05, 0.1) is 90.7 Å². The number of benzene rings is 7. The van der Waals surface area contributed by atoms with Crippen molar-refractivity contribution in [2.75, 3.05) is 7.05 Å². The molecule has 0 bridgehead atoms. The predicted octanol–water partition coefficient (Wildman–Crippen LogP) is 17.1. The van der Waals surface area contributed by atoms with Crippen LogP contribution < -0.4 is 22.8 Å². The smallest absolute Gasteiger partial charge is 0.323 e. The highest BCUT2D eigenvalue weighted by Gasteiger charge is 2.28. The van der Waals surface area contributed by atoms with Crippen LogP contribution in [0.15, 0.2) is 187 Å². The summed E-state index contributed by atoms with van der Waals surface area (Å²) < 4.78 is 29.0. The molecule has 10 aromatic heterocycles. The summed E-state index contributed by atoms with van der Waals surface area (Å²) in [5.41, 5.74) is 30.8. The third-order valence-corrected chi connectivity index (χ3v) is 19.5. The van der Waals surface area contributed by atoms with Crippen molar-refractivity contribution >= 4 is 66.9 Å². The maximum atomic E-state index is 12.1. The average molecular weight is 1400 g/mol. The number of pyridine rings is 1. The Bertz CT molecular complexity index is 6510. The third-order valence-electron chi connectivity index (χ3n) is 19.5. The number of nitrogens with zero attached hydrogens (tertiary/aromatic N) is 6. The summed E-state index contributed by atoms with van der Waals surface area (Å²) >= 11 is 0. The molecular formula is C82H73N14O9+. The van der Waals surface area contributed by atoms with Crippen molar-refractivity contribution in [2.24, 2.45) is 0 Å². The number of H-pyrrole nitrogens is 8. The lowest BCUT2D eigenvalue weighted by molar-refractivity contribution is -0.387. The number of aromatic amines is 8. The van der Waals surface area contributed by atoms with Gasteiger partial charge in [-0.3, -0.25) is 4.98 Å². The molecule has 0 amide bonds. The first-order valence-electron chi connectivity index (χ1n) is 34.1. The van der Waals surface area contributed by atoms with Crippen LogP contribution in [0.25, 0.3) is 150 Å². The number of allylic oxidation sites excluding steroid dienone is 1. The van der Waals surface area contributed by atoms with Crippen molar-refractivity contribution < 1.29 is 27.1 Å². The van der Waals surface area contributed by atoms with Gasteiger partial charge < -0.3 is 62.4 Å². The second-order valence-corrected chi connectivity index (χ2v) is 26.6. The summed E-state index contributed by atoms with van der Waals surface area (Å²) in [4.78, 5) is 75.7. The number of aryl methyl sites for hydroxylation is 11. The molecule has 8 N–H and O–H groups in total. The van der Waals surface area contributed by atoms with E-state index >= 15 is 0 Å². The monoisotopic (exact) mass is 1400 g/mol. The molecule has 0 saturated heterocycles. The highest BCUT2D eigenvalue weighted by Crippen LogP contribution is 2.43. The van der Waals surface area contributed by atoms with Crippen LogP contribution >= 0.6 is 0 Å². The maximum absolute atomic E-state index is 12.1. The van der Waals surface area contributed by atoms with Crippen molar-refractivity contribution in [3.8, 4) is 89.0 Å². The van der Waals surface area contributed by atoms with Crippen molar-refractivity contribution in [3.05, 3.63) is 256 Å². The summed E-state index contributed by atoms with van der Waals surface area (Å²) in [6, 6.07) is 42.7. The van der Waals surface area contributed by atoms with Crippen LogP contribution in [0.1, 0.15) is 81.6 Å². The van der Waals surface area contributed by atoms with Gasteiger partial charge in [-0.15, -0.1) is 0 Å². The van der Waals surface area contributed by atoms with E-state index in [2.05, 4.69) is 145 Å². The Labute approximate surface area is 597 Å². The fourth-order valence-corrected chi connectivity index (χ4v) is 14.9. The highest BCUT2D eigenvalue weighted by atomic mass is 16.5. The molecule has 0 fully saturated rings. The summed E-state index contributed by atoms with van der Waals surface area (Å²) in [5.74, 6) is 3.83. The lowest BCUT2D eigenvalue weighted by Crippen LogP contribution is -2.03. The lowest BCUT2D eigenvalue weighted by Gasteiger charge is -2.13. The van der Waals surface area contributed by atoms with Gasteiger partial charge >= 0.3 is 22.8 Å². The molecule has 23 heteroatoms. The second-order valence-electron chi connectivity index (χ2n) is 26.6. The first-order valence-corrected chi connectivity index (χ1v) is 34.1. The zero-order chi connectivity index (χ0) is 73.4. The normalized spacial score (nSPS) is 12.2. The van der Waals surface area contributed by atoms with E-state index in [1.807, 2.05) is 149 Å². The molecule has 524 valence electrons. The Morgan fingerprint density at radius 1 is 0.362 bits per heavy atom. The Kier molecular flexibility index (Phi) is 17.2. The van der Waals surface area contributed by atoms with Gasteiger partial charge in [-0.05, 0) is 199 Å². The zero-order valence-corrected chi connectivity index (χ0v) is 59.9. The minimum atomic E-state index is -0.235. The van der Waals surface area contributed by atoms with Crippen molar-refractivity contribution in [2.45, 2.75) is 89.5 Å². The van der Waals surface area contributed by atoms with Crippen LogP contribution in [0, 0.1) is 76.2 Å². The minimum Gasteiger partial charge on any atom is -0.469 e. The summed E-state index contributed by atoms with van der Waals surface area (Å²) in [6.45, 7) is 23.4. The molecule has 0 radical (unpaired) electrons. The molecule has 0 atom stereocenters. The topological polar surface area (TPSA) is 328 Å². The summed E-state index contributed by atoms with van der Waals surface area (Å²) in [5, 5.41) is 17.3. The van der Waals surface area contributed by atoms with E-state index in [1.165, 1.54) is 5.57 Å². The fraction of sp³-hybridized carbons (Fsp3) is 0.171. The molecule has 1 aliphatic rings. The van der Waals surface area contributed by atoms with E-state index in [0.29, 0.717) is 0 Å². The molecule has 0 saturated carbocycles. The van der Waals surface area contributed by atoms with Crippen molar-refractivity contribution in [3.63, 3.8) is 0 Å². The molecular weight excluding hydrogens is 1320 g/mol. The molecule has 0 spiro atoms. The van der Waals surface area contributed by atoms with Crippen molar-refractivity contribution in [1.29, 1.82) is 0 Å². The zero-order valence-electron chi connectivity index (χ0n) is 59.9. The number of hydrogen-bond acceptors (Lipinski definition) is 14. The number of fused-ring (bicyclic) bond motifs is 5. The van der Waals surface area contributed by atoms with E-state index in [-0.39, 0.29) is 22.8 Å². The first kappa shape index (κ1) is 67.4. The maximum Gasteiger partial charge on any atom is 0.323 e. The van der Waals surface area contributed by atoms with Gasteiger partial charge in [0.2, 0.25) is 5.70 Å². The van der Waals surface area contributed by atoms with Crippen LogP contribution in [0.3, 0.4) is 0 Å². The Balaban J connectivity index is 0.000000113. The van der Waals surface area contributed by atoms with E-state index < -0.39 is 0 Å². The number of furan rings is 1. The van der Waals surface area contributed by atoms with Gasteiger partial charge in [0, 0.05) is 61.7 Å². The van der Waals surface area contributed by atoms with Crippen LogP contribution in [0.2, 0.25) is 0 Å². The number of rotatable bonds is 9. The first-order chi connectivity index (χ1) is 50.5. The molecule has 17 aromatic rings. The predicted molar refractivity (Wildman–Crippen MR) is 409 cm³/mol. The van der Waals surface area contributed by atoms with Gasteiger partial charge in [0.15, 0.2) is 0 Å². The molecule has 1 aliphatic heterocycles. The number of nitrogens with one attached hydrogen (secondary N) is 8. The van der Waals surface area contributed by atoms with Gasteiger partial charge in [-0.25, -0.2) is 23.8 Å². The van der Waals surface area contributed by atoms with Crippen LogP contribution in [0.5, 0.6) is 0 Å². The van der Waals surface area contributed by atoms with E-state index in [0.717, 1.165) is 224 Å². The lowest BCUT2D eigenvalue weighted by atomic mass is 9.91. The van der Waals surface area contributed by atoms with Crippen LogP contribution in [-0.4, -0.2) is 83.3 Å². The van der Waals surface area contributed by atoms with Crippen LogP contribution in [-0.2, 0) is 0 Å². The van der Waals surface area contributed by atoms with E-state index in [1.54, 1.807) is 12.5 Å². The third kappa shape index (κ3) is 12.4. The molecule has 18 rings (SSSR count). The van der Waals surface area contributed by atoms with Crippen LogP contribution in [0.4, 0.5) is 0 Å². The SMILES string of the molecule is CC1=C(c2cc(-c3c(C)noc3C)cc3[nH]c(=O)[nH]c23)[N+](C)=CC1.Cc1ccc2ncccc2c1-c1cc(-c2c(C)noc2C)cc2[nH]c(=O)[nH]c12.Cc1coc(C)c1-c1cc(-c2c(C)noc2C)cc2[nH]c(=O)[nH]c12.Cc1noc(C)c1-c1cc(-c2ccccc2-c2ccccc2)c2[nH]c(=O)[nH]c2c1. The highest BCUT2D eigenvalue weighted by molar-refractivity contribution is 6.06. The van der Waals surface area contributed by atoms with Gasteiger partial charge in [-0.1, -0.05) is 87.4 Å². The number of aromatic nitrogens is 13. The molecule has 0 aliphatic carbocycles. The second kappa shape index (κ2) is 26.8. The fourth-order valence-electron chi connectivity index (χ4n) is 14.9. The van der Waals surface area contributed by atoms with E-state index in [4.69, 9.17) is 22.5 Å². The summed E-state index contributed by atoms with van der Waals surface area (Å²) in [6.07, 6.45) is 6.57. The quantitative estimate of drug-likeness (QED) is 0.0623. The Morgan fingerprint density at radius 2 is 0.771 bits per heavy atom. The Morgan fingerprint density at radius 3 is 1.19 bits per heavy atom.